The van der Waals surface area contributed by atoms with E-state index in [4.69, 9.17) is 0 Å². The fourth-order valence-electron chi connectivity index (χ4n) is 2.69. The summed E-state index contributed by atoms with van der Waals surface area (Å²) in [5.74, 6) is 0.901. The number of benzene rings is 1. The first kappa shape index (κ1) is 13.6. The molecule has 0 spiro atoms. The van der Waals surface area contributed by atoms with E-state index in [1.54, 1.807) is 0 Å². The molecule has 1 aliphatic heterocycles. The van der Waals surface area contributed by atoms with E-state index in [-0.39, 0.29) is 0 Å². The number of likely N-dealkylation sites (tertiary alicyclic amines) is 1. The zero-order valence-corrected chi connectivity index (χ0v) is 11.6. The maximum atomic E-state index is 3.47. The Kier molecular flexibility index (Phi) is 5.69. The second-order valence-corrected chi connectivity index (χ2v) is 5.33. The minimum absolute atomic E-state index is 0.901. The number of rotatable bonds is 6. The third-order valence-electron chi connectivity index (χ3n) is 3.95. The van der Waals surface area contributed by atoms with Crippen molar-refractivity contribution < 1.29 is 0 Å². The summed E-state index contributed by atoms with van der Waals surface area (Å²) in [5.41, 5.74) is 1.47. The minimum atomic E-state index is 0.901. The summed E-state index contributed by atoms with van der Waals surface area (Å²) in [6.07, 6.45) is 3.92. The Balaban J connectivity index is 1.65. The zero-order chi connectivity index (χ0) is 12.6. The van der Waals surface area contributed by atoms with Gasteiger partial charge in [-0.3, -0.25) is 0 Å². The second-order valence-electron chi connectivity index (χ2n) is 5.33. The first-order valence-electron chi connectivity index (χ1n) is 7.35. The van der Waals surface area contributed by atoms with E-state index in [1.807, 2.05) is 0 Å². The van der Waals surface area contributed by atoms with Crippen LogP contribution in [-0.4, -0.2) is 37.6 Å². The molecular weight excluding hydrogens is 220 g/mol. The molecule has 2 nitrogen and oxygen atoms in total. The second kappa shape index (κ2) is 7.55. The van der Waals surface area contributed by atoms with Crippen LogP contribution in [0.15, 0.2) is 30.3 Å². The zero-order valence-electron chi connectivity index (χ0n) is 11.6. The molecule has 0 radical (unpaired) electrons. The van der Waals surface area contributed by atoms with Crippen LogP contribution in [0.3, 0.4) is 0 Å². The molecule has 1 N–H and O–H groups in total. The Labute approximate surface area is 111 Å². The van der Waals surface area contributed by atoms with Gasteiger partial charge in [0.2, 0.25) is 0 Å². The van der Waals surface area contributed by atoms with Crippen LogP contribution in [0.1, 0.15) is 25.3 Å². The van der Waals surface area contributed by atoms with Crippen LogP contribution >= 0.6 is 0 Å². The standard InChI is InChI=1S/C16H26N2/c1-2-17-14-16-9-12-18(13-10-16)11-8-15-6-4-3-5-7-15/h3-7,16-17H,2,8-14H2,1H3. The van der Waals surface area contributed by atoms with Gasteiger partial charge in [-0.05, 0) is 56.9 Å². The van der Waals surface area contributed by atoms with Crippen molar-refractivity contribution in [2.45, 2.75) is 26.2 Å². The summed E-state index contributed by atoms with van der Waals surface area (Å²) in [6, 6.07) is 10.8. The van der Waals surface area contributed by atoms with E-state index in [9.17, 15) is 0 Å². The van der Waals surface area contributed by atoms with Crippen molar-refractivity contribution in [1.82, 2.24) is 10.2 Å². The van der Waals surface area contributed by atoms with Crippen molar-refractivity contribution in [3.8, 4) is 0 Å². The van der Waals surface area contributed by atoms with Crippen molar-refractivity contribution >= 4 is 0 Å². The van der Waals surface area contributed by atoms with Gasteiger partial charge in [0, 0.05) is 6.54 Å². The van der Waals surface area contributed by atoms with Crippen LogP contribution in [0, 0.1) is 5.92 Å². The molecule has 18 heavy (non-hydrogen) atoms. The highest BCUT2D eigenvalue weighted by Crippen LogP contribution is 2.16. The van der Waals surface area contributed by atoms with Crippen molar-refractivity contribution in [1.29, 1.82) is 0 Å². The topological polar surface area (TPSA) is 15.3 Å². The maximum absolute atomic E-state index is 3.47. The van der Waals surface area contributed by atoms with Crippen molar-refractivity contribution in [2.75, 3.05) is 32.7 Å². The number of hydrogen-bond acceptors (Lipinski definition) is 2. The molecule has 0 unspecified atom stereocenters. The lowest BCUT2D eigenvalue weighted by Crippen LogP contribution is -2.38. The third-order valence-corrected chi connectivity index (χ3v) is 3.95. The molecule has 0 bridgehead atoms. The van der Waals surface area contributed by atoms with Crippen LogP contribution in [0.4, 0.5) is 0 Å². The smallest absolute Gasteiger partial charge is 0.00218 e. The number of nitrogens with one attached hydrogen (secondary N) is 1. The van der Waals surface area contributed by atoms with Gasteiger partial charge in [-0.1, -0.05) is 37.3 Å². The molecular formula is C16H26N2. The molecule has 0 aliphatic carbocycles. The summed E-state index contributed by atoms with van der Waals surface area (Å²) in [5, 5.41) is 3.47. The van der Waals surface area contributed by atoms with Crippen LogP contribution in [-0.2, 0) is 6.42 Å². The molecule has 1 aromatic rings. The molecule has 1 saturated heterocycles. The number of piperidine rings is 1. The fourth-order valence-corrected chi connectivity index (χ4v) is 2.69. The molecule has 0 amide bonds. The largest absolute Gasteiger partial charge is 0.317 e. The lowest BCUT2D eigenvalue weighted by Gasteiger charge is -2.32. The average molecular weight is 246 g/mol. The van der Waals surface area contributed by atoms with E-state index in [2.05, 4.69) is 47.5 Å². The van der Waals surface area contributed by atoms with E-state index in [0.29, 0.717) is 0 Å². The van der Waals surface area contributed by atoms with Crippen molar-refractivity contribution in [3.05, 3.63) is 35.9 Å². The van der Waals surface area contributed by atoms with Gasteiger partial charge in [-0.25, -0.2) is 0 Å². The van der Waals surface area contributed by atoms with Crippen molar-refractivity contribution in [3.63, 3.8) is 0 Å². The van der Waals surface area contributed by atoms with Crippen molar-refractivity contribution in [2.24, 2.45) is 5.92 Å². The Hall–Kier alpha value is -0.860. The minimum Gasteiger partial charge on any atom is -0.317 e. The number of nitrogens with zero attached hydrogens (tertiary/aromatic N) is 1. The van der Waals surface area contributed by atoms with Crippen LogP contribution in [0.5, 0.6) is 0 Å². The monoisotopic (exact) mass is 246 g/mol. The van der Waals surface area contributed by atoms with Gasteiger partial charge in [0.1, 0.15) is 0 Å². The molecule has 1 aliphatic rings. The summed E-state index contributed by atoms with van der Waals surface area (Å²) in [6.45, 7) is 8.29. The molecule has 2 rings (SSSR count). The van der Waals surface area contributed by atoms with E-state index in [0.717, 1.165) is 12.5 Å². The predicted octanol–water partition coefficient (Wildman–Crippen LogP) is 2.55. The Morgan fingerprint density at radius 1 is 1.17 bits per heavy atom. The first-order valence-corrected chi connectivity index (χ1v) is 7.35. The van der Waals surface area contributed by atoms with E-state index < -0.39 is 0 Å². The van der Waals surface area contributed by atoms with Crippen LogP contribution < -0.4 is 5.32 Å². The van der Waals surface area contributed by atoms with Crippen LogP contribution in [0.25, 0.3) is 0 Å². The summed E-state index contributed by atoms with van der Waals surface area (Å²) < 4.78 is 0. The highest BCUT2D eigenvalue weighted by Gasteiger charge is 2.18. The molecule has 100 valence electrons. The highest BCUT2D eigenvalue weighted by atomic mass is 15.1. The maximum Gasteiger partial charge on any atom is 0.00218 e. The third kappa shape index (κ3) is 4.43. The van der Waals surface area contributed by atoms with Crippen LogP contribution in [0.2, 0.25) is 0 Å². The van der Waals surface area contributed by atoms with Gasteiger partial charge in [-0.15, -0.1) is 0 Å². The lowest BCUT2D eigenvalue weighted by molar-refractivity contribution is 0.184. The fraction of sp³-hybridized carbons (Fsp3) is 0.625. The van der Waals surface area contributed by atoms with Gasteiger partial charge >= 0.3 is 0 Å². The van der Waals surface area contributed by atoms with Gasteiger partial charge in [0.25, 0.3) is 0 Å². The highest BCUT2D eigenvalue weighted by molar-refractivity contribution is 5.14. The van der Waals surface area contributed by atoms with Gasteiger partial charge < -0.3 is 10.2 Å². The summed E-state index contributed by atoms with van der Waals surface area (Å²) in [4.78, 5) is 2.62. The predicted molar refractivity (Wildman–Crippen MR) is 77.9 cm³/mol. The lowest BCUT2D eigenvalue weighted by atomic mass is 9.96. The molecule has 0 saturated carbocycles. The molecule has 2 heteroatoms. The summed E-state index contributed by atoms with van der Waals surface area (Å²) >= 11 is 0. The van der Waals surface area contributed by atoms with E-state index in [1.165, 1.54) is 51.0 Å². The Morgan fingerprint density at radius 3 is 2.56 bits per heavy atom. The Morgan fingerprint density at radius 2 is 1.89 bits per heavy atom. The molecule has 1 fully saturated rings. The van der Waals surface area contributed by atoms with Gasteiger partial charge in [0.15, 0.2) is 0 Å². The molecule has 0 atom stereocenters. The average Bonchev–Trinajstić information content (AvgIpc) is 2.45. The summed E-state index contributed by atoms with van der Waals surface area (Å²) in [7, 11) is 0. The normalized spacial score (nSPS) is 18.1. The van der Waals surface area contributed by atoms with Gasteiger partial charge in [-0.2, -0.15) is 0 Å². The molecule has 0 aromatic heterocycles. The quantitative estimate of drug-likeness (QED) is 0.830. The SMILES string of the molecule is CCNCC1CCN(CCc2ccccc2)CC1. The van der Waals surface area contributed by atoms with E-state index >= 15 is 0 Å². The first-order chi connectivity index (χ1) is 8.88. The Bertz CT molecular complexity index is 315. The molecule has 1 aromatic carbocycles. The molecule has 1 heterocycles. The van der Waals surface area contributed by atoms with Gasteiger partial charge in [0.05, 0.1) is 0 Å². The number of hydrogen-bond donors (Lipinski definition) is 1.